The van der Waals surface area contributed by atoms with Gasteiger partial charge in [0.15, 0.2) is 6.16 Å². The topological polar surface area (TPSA) is 59.3 Å². The summed E-state index contributed by atoms with van der Waals surface area (Å²) in [7, 11) is -1.72. The number of hydrogen-bond donors (Lipinski definition) is 0. The molecule has 0 aliphatic carbocycles. The Morgan fingerprint density at radius 2 is 2.60 bits per heavy atom. The van der Waals surface area contributed by atoms with Crippen LogP contribution in [0.5, 0.6) is 0 Å². The first-order valence-corrected chi connectivity index (χ1v) is 6.55. The van der Waals surface area contributed by atoms with Gasteiger partial charge in [-0.05, 0) is 17.4 Å². The molecule has 84 valence electrons. The van der Waals surface area contributed by atoms with Gasteiger partial charge in [0.25, 0.3) is 0 Å². The third-order valence-electron chi connectivity index (χ3n) is 2.43. The molecule has 1 rings (SSSR count). The van der Waals surface area contributed by atoms with E-state index in [0.717, 1.165) is 6.42 Å². The van der Waals surface area contributed by atoms with Crippen LogP contribution in [0.2, 0.25) is 0 Å². The fraction of sp³-hybridized carbons (Fsp3) is 0.900. The number of hydrogen-bond acceptors (Lipinski definition) is 4. The van der Waals surface area contributed by atoms with E-state index in [4.69, 9.17) is 15.9 Å². The van der Waals surface area contributed by atoms with Crippen molar-refractivity contribution in [1.29, 1.82) is 5.26 Å². The average Bonchev–Trinajstić information content (AvgIpc) is 2.59. The molecule has 15 heavy (non-hydrogen) atoms. The van der Waals surface area contributed by atoms with E-state index in [1.54, 1.807) is 0 Å². The van der Waals surface area contributed by atoms with Crippen LogP contribution in [0, 0.1) is 17.2 Å². The fourth-order valence-corrected chi connectivity index (χ4v) is 2.79. The van der Waals surface area contributed by atoms with Gasteiger partial charge in [0.05, 0.1) is 20.0 Å². The molecule has 0 saturated carbocycles. The van der Waals surface area contributed by atoms with Gasteiger partial charge in [-0.3, -0.25) is 0 Å². The fourth-order valence-electron chi connectivity index (χ4n) is 1.62. The Kier molecular flexibility index (Phi) is 5.06. The minimum absolute atomic E-state index is 0.0287. The second-order valence-corrected chi connectivity index (χ2v) is 4.79. The predicted molar refractivity (Wildman–Crippen MR) is 56.8 cm³/mol. The van der Waals surface area contributed by atoms with Crippen molar-refractivity contribution < 1.29 is 15.2 Å². The Bertz CT molecular complexity index is 282. The smallest absolute Gasteiger partial charge is 0.378 e. The van der Waals surface area contributed by atoms with Crippen LogP contribution in [0.25, 0.3) is 0 Å². The lowest BCUT2D eigenvalue weighted by Gasteiger charge is -2.10. The van der Waals surface area contributed by atoms with Gasteiger partial charge in [-0.2, -0.15) is 5.26 Å². The van der Waals surface area contributed by atoms with Crippen molar-refractivity contribution in [2.75, 3.05) is 19.4 Å². The molecule has 4 atom stereocenters. The molecule has 0 bridgehead atoms. The summed E-state index contributed by atoms with van der Waals surface area (Å²) in [4.78, 5) is 0. The Morgan fingerprint density at radius 3 is 3.27 bits per heavy atom. The highest BCUT2D eigenvalue weighted by Gasteiger charge is 2.34. The maximum Gasteiger partial charge on any atom is 0.508 e. The first kappa shape index (κ1) is 11.0. The molecule has 0 aromatic carbocycles. The number of nitriles is 1. The number of rotatable bonds is 6. The van der Waals surface area contributed by atoms with Crippen molar-refractivity contribution >= 4 is 8.03 Å². The molecule has 0 N–H and O–H groups in total. The Morgan fingerprint density at radius 1 is 1.80 bits per heavy atom. The van der Waals surface area contributed by atoms with Crippen LogP contribution in [0.1, 0.15) is 27.6 Å². The number of ether oxygens (including phenoxy) is 1. The molecule has 1 unspecified atom stereocenters. The zero-order valence-corrected chi connectivity index (χ0v) is 9.78. The zero-order valence-electron chi connectivity index (χ0n) is 9.89. The molecule has 0 radical (unpaired) electrons. The molecule has 0 aromatic heterocycles. The van der Waals surface area contributed by atoms with Crippen LogP contribution < -0.4 is 0 Å². The zero-order chi connectivity index (χ0) is 12.0. The highest BCUT2D eigenvalue weighted by atomic mass is 31.1. The van der Waals surface area contributed by atoms with Crippen LogP contribution >= 0.6 is 8.03 Å². The summed E-state index contributed by atoms with van der Waals surface area (Å²) in [6.45, 7) is 1.73. The van der Waals surface area contributed by atoms with Crippen molar-refractivity contribution in [2.45, 2.75) is 32.3 Å². The summed E-state index contributed by atoms with van der Waals surface area (Å²) in [5.74, 6) is 0.151. The second-order valence-electron chi connectivity index (χ2n) is 3.50. The normalized spacial score (nSPS) is 32.1. The van der Waals surface area contributed by atoms with E-state index >= 15 is 0 Å². The Balaban J connectivity index is 2.30. The summed E-state index contributed by atoms with van der Waals surface area (Å²) in [5, 5.41) is 8.31. The molecule has 5 heteroatoms. The highest BCUT2D eigenvalue weighted by Crippen LogP contribution is 2.33. The van der Waals surface area contributed by atoms with Gasteiger partial charge >= 0.3 is 8.03 Å². The first-order valence-electron chi connectivity index (χ1n) is 5.77. The maximum absolute atomic E-state index is 11.5. The van der Waals surface area contributed by atoms with Crippen molar-refractivity contribution in [1.82, 2.24) is 0 Å². The van der Waals surface area contributed by atoms with Crippen molar-refractivity contribution in [2.24, 2.45) is 5.92 Å². The van der Waals surface area contributed by atoms with E-state index in [1.165, 1.54) is 0 Å². The van der Waals surface area contributed by atoms with Gasteiger partial charge in [-0.1, -0.05) is 6.92 Å². The van der Waals surface area contributed by atoms with E-state index in [0.29, 0.717) is 12.6 Å². The summed E-state index contributed by atoms with van der Waals surface area (Å²) in [5.41, 5.74) is 0. The van der Waals surface area contributed by atoms with Crippen LogP contribution in [0.15, 0.2) is 0 Å². The molecule has 1 saturated heterocycles. The van der Waals surface area contributed by atoms with Gasteiger partial charge < -0.3 is 4.74 Å². The van der Waals surface area contributed by atoms with Gasteiger partial charge in [0.1, 0.15) is 6.61 Å². The Hall–Kier alpha value is -0.490. The third-order valence-corrected chi connectivity index (χ3v) is 3.67. The van der Waals surface area contributed by atoms with Gasteiger partial charge in [0, 0.05) is 12.5 Å². The van der Waals surface area contributed by atoms with Crippen LogP contribution in [0.4, 0.5) is 0 Å². The summed E-state index contributed by atoms with van der Waals surface area (Å²) < 4.78 is 29.5. The maximum atomic E-state index is 11.5. The van der Waals surface area contributed by atoms with Crippen LogP contribution in [-0.2, 0) is 13.8 Å². The minimum atomic E-state index is -1.72. The predicted octanol–water partition coefficient (Wildman–Crippen LogP) is 2.47. The van der Waals surface area contributed by atoms with Crippen molar-refractivity contribution in [3.8, 4) is 6.07 Å². The lowest BCUT2D eigenvalue weighted by molar-refractivity contribution is 0.0912. The molecule has 0 aromatic rings. The largest absolute Gasteiger partial charge is 0.508 e. The molecule has 0 amide bonds. The third kappa shape index (κ3) is 4.25. The number of nitrogens with zero attached hydrogens (tertiary/aromatic N) is 1. The summed E-state index contributed by atoms with van der Waals surface area (Å²) in [6.07, 6.45) is 2.19. The highest BCUT2D eigenvalue weighted by molar-refractivity contribution is 7.39. The molecular weight excluding hydrogens is 213 g/mol. The Labute approximate surface area is 92.8 Å². The van der Waals surface area contributed by atoms with Gasteiger partial charge in [-0.15, -0.1) is 4.52 Å². The van der Waals surface area contributed by atoms with E-state index in [1.807, 2.05) is 13.0 Å². The molecule has 1 aliphatic rings. The standard InChI is InChI=1S/C10H17NO3P/c1-2-10-9(4-7-13-10)8-15(12)14-6-3-5-11/h9-10H,2-4,6-8H2,1H3/q+1/t9-,10-/m1/s1/i7T/t7-,9-,10-. The van der Waals surface area contributed by atoms with E-state index < -0.39 is 14.6 Å². The monoisotopic (exact) mass is 232 g/mol. The van der Waals surface area contributed by atoms with Crippen molar-refractivity contribution in [3.05, 3.63) is 0 Å². The molecule has 1 fully saturated rings. The molecule has 4 nitrogen and oxygen atoms in total. The second kappa shape index (κ2) is 6.90. The summed E-state index contributed by atoms with van der Waals surface area (Å²) >= 11 is 0. The van der Waals surface area contributed by atoms with E-state index in [-0.39, 0.29) is 25.0 Å². The van der Waals surface area contributed by atoms with Gasteiger partial charge in [0.2, 0.25) is 0 Å². The lowest BCUT2D eigenvalue weighted by atomic mass is 10.0. The average molecular weight is 232 g/mol. The summed E-state index contributed by atoms with van der Waals surface area (Å²) in [6, 6.07) is 1.94. The first-order chi connectivity index (χ1) is 7.67. The van der Waals surface area contributed by atoms with Crippen LogP contribution in [0.3, 0.4) is 0 Å². The minimum Gasteiger partial charge on any atom is -0.378 e. The lowest BCUT2D eigenvalue weighted by Crippen LogP contribution is -2.16. The SMILES string of the molecule is [3H][C@@H]1C[C@H](C[P+](=O)OCCC#N)[C@@H](CC)O1. The van der Waals surface area contributed by atoms with Gasteiger partial charge in [-0.25, -0.2) is 0 Å². The van der Waals surface area contributed by atoms with E-state index in [9.17, 15) is 4.57 Å². The van der Waals surface area contributed by atoms with E-state index in [2.05, 4.69) is 0 Å². The molecule has 1 heterocycles. The van der Waals surface area contributed by atoms with Crippen LogP contribution in [-0.4, -0.2) is 25.5 Å². The molecular formula is C10H17NO3P+. The molecule has 1 aliphatic heterocycles. The van der Waals surface area contributed by atoms with Crippen molar-refractivity contribution in [3.63, 3.8) is 0 Å². The molecule has 0 spiro atoms. The quantitative estimate of drug-likeness (QED) is 0.521.